The summed E-state index contributed by atoms with van der Waals surface area (Å²) >= 11 is 0. The maximum atomic E-state index is 11.6. The predicted octanol–water partition coefficient (Wildman–Crippen LogP) is 1.05. The topological polar surface area (TPSA) is 52.0 Å². The molecule has 1 aromatic heterocycles. The van der Waals surface area contributed by atoms with Gasteiger partial charge in [0.15, 0.2) is 0 Å². The number of aryl methyl sites for hydroxylation is 1. The third-order valence-electron chi connectivity index (χ3n) is 2.47. The summed E-state index contributed by atoms with van der Waals surface area (Å²) in [5.74, 6) is 0.392. The number of hydrogen-bond acceptors (Lipinski definition) is 3. The average molecular weight is 190 g/mol. The molecule has 2 rings (SSSR count). The Morgan fingerprint density at radius 1 is 1.29 bits per heavy atom. The second kappa shape index (κ2) is 2.64. The van der Waals surface area contributed by atoms with Gasteiger partial charge in [0, 0.05) is 12.6 Å². The Kier molecular flexibility index (Phi) is 1.67. The van der Waals surface area contributed by atoms with Crippen LogP contribution >= 0.6 is 0 Å². The molecular formula is C10H10N2O2. The Hall–Kier alpha value is -1.71. The van der Waals surface area contributed by atoms with Gasteiger partial charge in [-0.2, -0.15) is 0 Å². The average Bonchev–Trinajstić information content (AvgIpc) is 2.40. The SMILES string of the molecule is CC1=CC(=O)c2c(nc(C)n2C)C1=O. The molecule has 0 bridgehead atoms. The second-order valence-corrected chi connectivity index (χ2v) is 3.44. The predicted molar refractivity (Wildman–Crippen MR) is 50.4 cm³/mol. The lowest BCUT2D eigenvalue weighted by Crippen LogP contribution is -2.17. The van der Waals surface area contributed by atoms with Crippen LogP contribution in [-0.4, -0.2) is 21.1 Å². The van der Waals surface area contributed by atoms with Crippen LogP contribution in [0.15, 0.2) is 11.6 Å². The van der Waals surface area contributed by atoms with E-state index in [1.807, 2.05) is 0 Å². The minimum absolute atomic E-state index is 0.139. The number of hydrogen-bond donors (Lipinski definition) is 0. The van der Waals surface area contributed by atoms with Crippen molar-refractivity contribution in [1.29, 1.82) is 0 Å². The highest BCUT2D eigenvalue weighted by Gasteiger charge is 2.28. The van der Waals surface area contributed by atoms with Gasteiger partial charge < -0.3 is 4.57 Å². The van der Waals surface area contributed by atoms with Gasteiger partial charge in [0.05, 0.1) is 0 Å². The van der Waals surface area contributed by atoms with Crippen molar-refractivity contribution in [2.24, 2.45) is 7.05 Å². The standard InChI is InChI=1S/C10H10N2O2/c1-5-4-7(13)9-8(10(5)14)11-6(2)12(9)3/h4H,1-3H3. The summed E-state index contributed by atoms with van der Waals surface area (Å²) in [6.45, 7) is 3.40. The molecule has 0 saturated heterocycles. The molecule has 0 atom stereocenters. The van der Waals surface area contributed by atoms with Crippen molar-refractivity contribution in [2.45, 2.75) is 13.8 Å². The second-order valence-electron chi connectivity index (χ2n) is 3.44. The number of aromatic nitrogens is 2. The van der Waals surface area contributed by atoms with Crippen molar-refractivity contribution in [1.82, 2.24) is 9.55 Å². The van der Waals surface area contributed by atoms with Crippen LogP contribution in [0.4, 0.5) is 0 Å². The molecule has 0 radical (unpaired) electrons. The highest BCUT2D eigenvalue weighted by molar-refractivity contribution is 6.22. The van der Waals surface area contributed by atoms with Crippen LogP contribution in [0.2, 0.25) is 0 Å². The van der Waals surface area contributed by atoms with E-state index in [0.29, 0.717) is 17.1 Å². The number of carbonyl (C=O) groups is 2. The lowest BCUT2D eigenvalue weighted by Gasteiger charge is -2.07. The number of carbonyl (C=O) groups excluding carboxylic acids is 2. The van der Waals surface area contributed by atoms with E-state index in [0.717, 1.165) is 0 Å². The lowest BCUT2D eigenvalue weighted by atomic mass is 9.99. The molecule has 0 aliphatic heterocycles. The maximum Gasteiger partial charge on any atom is 0.209 e. The molecular weight excluding hydrogens is 180 g/mol. The molecule has 4 heteroatoms. The van der Waals surface area contributed by atoms with E-state index >= 15 is 0 Å². The first-order valence-corrected chi connectivity index (χ1v) is 4.33. The van der Waals surface area contributed by atoms with Gasteiger partial charge in [0.2, 0.25) is 11.6 Å². The molecule has 4 nitrogen and oxygen atoms in total. The largest absolute Gasteiger partial charge is 0.328 e. The summed E-state index contributed by atoms with van der Waals surface area (Å²) in [7, 11) is 1.74. The zero-order chi connectivity index (χ0) is 10.5. The van der Waals surface area contributed by atoms with Crippen LogP contribution in [0.25, 0.3) is 0 Å². The number of nitrogens with zero attached hydrogens (tertiary/aromatic N) is 2. The van der Waals surface area contributed by atoms with Crippen molar-refractivity contribution in [3.63, 3.8) is 0 Å². The Balaban J connectivity index is 2.75. The minimum atomic E-state index is -0.150. The molecule has 1 aliphatic rings. The monoisotopic (exact) mass is 190 g/mol. The van der Waals surface area contributed by atoms with Crippen molar-refractivity contribution in [3.05, 3.63) is 28.9 Å². The van der Waals surface area contributed by atoms with Gasteiger partial charge in [-0.15, -0.1) is 0 Å². The van der Waals surface area contributed by atoms with Crippen molar-refractivity contribution < 1.29 is 9.59 Å². The smallest absolute Gasteiger partial charge is 0.209 e. The summed E-state index contributed by atoms with van der Waals surface area (Å²) in [5, 5.41) is 0. The normalized spacial score (nSPS) is 15.5. The van der Waals surface area contributed by atoms with Crippen LogP contribution in [0.3, 0.4) is 0 Å². The zero-order valence-electron chi connectivity index (χ0n) is 8.29. The molecule has 1 aliphatic carbocycles. The van der Waals surface area contributed by atoms with Crippen molar-refractivity contribution in [2.75, 3.05) is 0 Å². The molecule has 0 unspecified atom stereocenters. The zero-order valence-corrected chi connectivity index (χ0v) is 8.29. The third kappa shape index (κ3) is 0.968. The first-order chi connectivity index (χ1) is 6.52. The number of rotatable bonds is 0. The van der Waals surface area contributed by atoms with Crippen LogP contribution in [0, 0.1) is 6.92 Å². The van der Waals surface area contributed by atoms with Gasteiger partial charge in [0.25, 0.3) is 0 Å². The van der Waals surface area contributed by atoms with Gasteiger partial charge in [-0.3, -0.25) is 9.59 Å². The molecule has 0 amide bonds. The number of Topliss-reactive ketones (excluding diaryl/α,β-unsaturated/α-hetero) is 1. The fraction of sp³-hybridized carbons (Fsp3) is 0.300. The summed E-state index contributed by atoms with van der Waals surface area (Å²) in [6.07, 6.45) is 1.37. The van der Waals surface area contributed by atoms with E-state index in [2.05, 4.69) is 4.98 Å². The molecule has 0 fully saturated rings. The van der Waals surface area contributed by atoms with Gasteiger partial charge in [-0.25, -0.2) is 4.98 Å². The van der Waals surface area contributed by atoms with E-state index in [4.69, 9.17) is 0 Å². The third-order valence-corrected chi connectivity index (χ3v) is 2.47. The Morgan fingerprint density at radius 2 is 1.93 bits per heavy atom. The van der Waals surface area contributed by atoms with Crippen molar-refractivity contribution in [3.8, 4) is 0 Å². The van der Waals surface area contributed by atoms with E-state index in [1.165, 1.54) is 6.08 Å². The molecule has 0 N–H and O–H groups in total. The first kappa shape index (κ1) is 8.87. The molecule has 0 spiro atoms. The molecule has 1 aromatic rings. The fourth-order valence-electron chi connectivity index (χ4n) is 1.57. The summed E-state index contributed by atoms with van der Waals surface area (Å²) < 4.78 is 1.65. The first-order valence-electron chi connectivity index (χ1n) is 4.33. The van der Waals surface area contributed by atoms with E-state index in [-0.39, 0.29) is 17.3 Å². The molecule has 72 valence electrons. The minimum Gasteiger partial charge on any atom is -0.328 e. The molecule has 0 saturated carbocycles. The fourth-order valence-corrected chi connectivity index (χ4v) is 1.57. The summed E-state index contributed by atoms with van der Waals surface area (Å²) in [4.78, 5) is 27.3. The van der Waals surface area contributed by atoms with E-state index < -0.39 is 0 Å². The number of allylic oxidation sites excluding steroid dienone is 2. The van der Waals surface area contributed by atoms with Crippen LogP contribution in [0.1, 0.15) is 33.7 Å². The Morgan fingerprint density at radius 3 is 2.57 bits per heavy atom. The number of fused-ring (bicyclic) bond motifs is 1. The summed E-state index contributed by atoms with van der Waals surface area (Å²) in [5.41, 5.74) is 1.15. The number of imidazole rings is 1. The van der Waals surface area contributed by atoms with Gasteiger partial charge in [0.1, 0.15) is 17.2 Å². The van der Waals surface area contributed by atoms with Crippen LogP contribution in [0.5, 0.6) is 0 Å². The molecule has 14 heavy (non-hydrogen) atoms. The van der Waals surface area contributed by atoms with Crippen LogP contribution in [-0.2, 0) is 7.05 Å². The molecule has 1 heterocycles. The Bertz CT molecular complexity index is 481. The lowest BCUT2D eigenvalue weighted by molar-refractivity contribution is 0.0977. The van der Waals surface area contributed by atoms with Crippen molar-refractivity contribution >= 4 is 11.6 Å². The van der Waals surface area contributed by atoms with Gasteiger partial charge in [-0.05, 0) is 19.9 Å². The molecule has 0 aromatic carbocycles. The number of ketones is 2. The van der Waals surface area contributed by atoms with Gasteiger partial charge in [-0.1, -0.05) is 0 Å². The highest BCUT2D eigenvalue weighted by atomic mass is 16.1. The quantitative estimate of drug-likeness (QED) is 0.614. The maximum absolute atomic E-state index is 11.6. The van der Waals surface area contributed by atoms with Gasteiger partial charge >= 0.3 is 0 Å². The Labute approximate surface area is 81.3 Å². The van der Waals surface area contributed by atoms with E-state index in [1.54, 1.807) is 25.5 Å². The summed E-state index contributed by atoms with van der Waals surface area (Å²) in [6, 6.07) is 0. The van der Waals surface area contributed by atoms with E-state index in [9.17, 15) is 9.59 Å². The van der Waals surface area contributed by atoms with Crippen LogP contribution < -0.4 is 0 Å². The highest BCUT2D eigenvalue weighted by Crippen LogP contribution is 2.20.